The number of allylic oxidation sites excluding steroid dienone is 1. The monoisotopic (exact) mass is 336 g/mol. The molecule has 1 atom stereocenters. The van der Waals surface area contributed by atoms with Gasteiger partial charge in [-0.25, -0.2) is 0 Å². The van der Waals surface area contributed by atoms with Crippen molar-refractivity contribution in [3.05, 3.63) is 77.1 Å². The van der Waals surface area contributed by atoms with E-state index in [4.69, 9.17) is 4.74 Å². The highest BCUT2D eigenvalue weighted by molar-refractivity contribution is 8.00. The fraction of sp³-hybridized carbons (Fsp3) is 0.200. The Morgan fingerprint density at radius 1 is 0.875 bits per heavy atom. The SMILES string of the molecule is CC1(C)OC2=C(C(=O)c3ccccc3C2=O)C1Sc1ccccc1. The first-order valence-corrected chi connectivity index (χ1v) is 8.70. The molecule has 0 spiro atoms. The number of rotatable bonds is 2. The molecule has 1 aliphatic carbocycles. The van der Waals surface area contributed by atoms with Crippen LogP contribution in [0.5, 0.6) is 0 Å². The second-order valence-corrected chi connectivity index (χ2v) is 7.64. The third-order valence-electron chi connectivity index (χ3n) is 4.37. The average molecular weight is 336 g/mol. The van der Waals surface area contributed by atoms with Gasteiger partial charge in [-0.3, -0.25) is 9.59 Å². The van der Waals surface area contributed by atoms with E-state index in [-0.39, 0.29) is 22.6 Å². The van der Waals surface area contributed by atoms with E-state index in [1.165, 1.54) is 0 Å². The van der Waals surface area contributed by atoms with Gasteiger partial charge in [-0.15, -0.1) is 11.8 Å². The molecular formula is C20H16O3S. The molecule has 2 aromatic rings. The molecule has 0 N–H and O–H groups in total. The topological polar surface area (TPSA) is 43.4 Å². The first-order valence-electron chi connectivity index (χ1n) is 7.82. The van der Waals surface area contributed by atoms with Gasteiger partial charge in [0.05, 0.1) is 10.8 Å². The largest absolute Gasteiger partial charge is 0.482 e. The van der Waals surface area contributed by atoms with Gasteiger partial charge >= 0.3 is 0 Å². The third-order valence-corrected chi connectivity index (χ3v) is 5.95. The molecule has 2 aromatic carbocycles. The second kappa shape index (κ2) is 5.35. The summed E-state index contributed by atoms with van der Waals surface area (Å²) in [5.74, 6) is -0.0687. The molecule has 0 radical (unpaired) electrons. The number of ether oxygens (including phenoxy) is 1. The van der Waals surface area contributed by atoms with Crippen molar-refractivity contribution in [2.45, 2.75) is 29.6 Å². The van der Waals surface area contributed by atoms with Gasteiger partial charge in [0.15, 0.2) is 11.5 Å². The van der Waals surface area contributed by atoms with E-state index in [1.54, 1.807) is 36.0 Å². The molecule has 120 valence electrons. The van der Waals surface area contributed by atoms with Gasteiger partial charge in [-0.05, 0) is 26.0 Å². The highest BCUT2D eigenvalue weighted by atomic mass is 32.2. The van der Waals surface area contributed by atoms with Crippen LogP contribution < -0.4 is 0 Å². The molecule has 1 heterocycles. The number of ketones is 2. The van der Waals surface area contributed by atoms with Crippen LogP contribution in [-0.4, -0.2) is 22.4 Å². The number of carbonyl (C=O) groups excluding carboxylic acids is 2. The summed E-state index contributed by atoms with van der Waals surface area (Å²) in [4.78, 5) is 26.9. The summed E-state index contributed by atoms with van der Waals surface area (Å²) in [5.41, 5.74) is 0.777. The highest BCUT2D eigenvalue weighted by Gasteiger charge is 2.51. The predicted octanol–water partition coefficient (Wildman–Crippen LogP) is 4.29. The Balaban J connectivity index is 1.81. The molecule has 1 unspecified atom stereocenters. The number of Topliss-reactive ketones (excluding diaryl/α,β-unsaturated/α-hetero) is 2. The molecule has 0 bridgehead atoms. The molecule has 0 saturated carbocycles. The van der Waals surface area contributed by atoms with Crippen LogP contribution in [0.2, 0.25) is 0 Å². The zero-order chi connectivity index (χ0) is 16.9. The van der Waals surface area contributed by atoms with Crippen LogP contribution in [0.25, 0.3) is 0 Å². The lowest BCUT2D eigenvalue weighted by atomic mass is 9.85. The van der Waals surface area contributed by atoms with E-state index in [0.29, 0.717) is 16.7 Å². The van der Waals surface area contributed by atoms with Crippen molar-refractivity contribution in [3.63, 3.8) is 0 Å². The van der Waals surface area contributed by atoms with Crippen LogP contribution in [0.4, 0.5) is 0 Å². The predicted molar refractivity (Wildman–Crippen MR) is 93.4 cm³/mol. The quantitative estimate of drug-likeness (QED) is 0.820. The van der Waals surface area contributed by atoms with Gasteiger partial charge in [0.25, 0.3) is 0 Å². The van der Waals surface area contributed by atoms with Crippen LogP contribution in [0.1, 0.15) is 34.6 Å². The normalized spacial score (nSPS) is 21.3. The molecule has 2 aliphatic rings. The zero-order valence-electron chi connectivity index (χ0n) is 13.4. The van der Waals surface area contributed by atoms with E-state index >= 15 is 0 Å². The van der Waals surface area contributed by atoms with Crippen LogP contribution in [0.15, 0.2) is 70.8 Å². The third kappa shape index (κ3) is 2.21. The van der Waals surface area contributed by atoms with Crippen molar-refractivity contribution in [2.75, 3.05) is 0 Å². The minimum Gasteiger partial charge on any atom is -0.482 e. The lowest BCUT2D eigenvalue weighted by Crippen LogP contribution is -2.33. The minimum atomic E-state index is -0.626. The van der Waals surface area contributed by atoms with E-state index in [0.717, 1.165) is 4.90 Å². The van der Waals surface area contributed by atoms with Crippen LogP contribution in [0.3, 0.4) is 0 Å². The molecule has 4 heteroatoms. The summed E-state index contributed by atoms with van der Waals surface area (Å²) >= 11 is 1.57. The average Bonchev–Trinajstić information content (AvgIpc) is 2.85. The van der Waals surface area contributed by atoms with Gasteiger partial charge in [0, 0.05) is 16.0 Å². The van der Waals surface area contributed by atoms with Crippen LogP contribution in [0, 0.1) is 0 Å². The first kappa shape index (κ1) is 15.2. The summed E-state index contributed by atoms with van der Waals surface area (Å²) in [5, 5.41) is -0.222. The molecule has 4 rings (SSSR count). The summed E-state index contributed by atoms with van der Waals surface area (Å²) < 4.78 is 5.97. The van der Waals surface area contributed by atoms with Crippen molar-refractivity contribution < 1.29 is 14.3 Å². The number of hydrogen-bond donors (Lipinski definition) is 0. The van der Waals surface area contributed by atoms with Crippen molar-refractivity contribution in [2.24, 2.45) is 0 Å². The fourth-order valence-electron chi connectivity index (χ4n) is 3.21. The zero-order valence-corrected chi connectivity index (χ0v) is 14.2. The summed E-state index contributed by atoms with van der Waals surface area (Å²) in [6.45, 7) is 3.86. The smallest absolute Gasteiger partial charge is 0.228 e. The van der Waals surface area contributed by atoms with E-state index in [2.05, 4.69) is 0 Å². The van der Waals surface area contributed by atoms with Gasteiger partial charge in [0.2, 0.25) is 5.78 Å². The highest BCUT2D eigenvalue weighted by Crippen LogP contribution is 2.48. The van der Waals surface area contributed by atoms with Crippen molar-refractivity contribution >= 4 is 23.3 Å². The lowest BCUT2D eigenvalue weighted by Gasteiger charge is -2.27. The Labute approximate surface area is 144 Å². The Morgan fingerprint density at radius 3 is 2.12 bits per heavy atom. The number of benzene rings is 2. The maximum atomic E-state index is 13.0. The number of hydrogen-bond acceptors (Lipinski definition) is 4. The van der Waals surface area contributed by atoms with Crippen LogP contribution >= 0.6 is 11.8 Å². The number of fused-ring (bicyclic) bond motifs is 1. The van der Waals surface area contributed by atoms with E-state index in [1.807, 2.05) is 44.2 Å². The standard InChI is InChI=1S/C20H16O3S/c1-20(2)19(24-12-8-4-3-5-9-12)15-16(21)13-10-6-7-11-14(13)17(22)18(15)23-20/h3-11,19H,1-2H3. The van der Waals surface area contributed by atoms with Crippen molar-refractivity contribution in [1.29, 1.82) is 0 Å². The molecule has 0 aromatic heterocycles. The van der Waals surface area contributed by atoms with Gasteiger partial charge in [0.1, 0.15) is 5.60 Å². The van der Waals surface area contributed by atoms with E-state index in [9.17, 15) is 9.59 Å². The maximum Gasteiger partial charge on any atom is 0.228 e. The molecular weight excluding hydrogens is 320 g/mol. The van der Waals surface area contributed by atoms with Gasteiger partial charge in [-0.2, -0.15) is 0 Å². The van der Waals surface area contributed by atoms with Gasteiger partial charge < -0.3 is 4.74 Å². The van der Waals surface area contributed by atoms with Crippen LogP contribution in [-0.2, 0) is 4.74 Å². The lowest BCUT2D eigenvalue weighted by molar-refractivity contribution is 0.0535. The Kier molecular flexibility index (Phi) is 3.39. The Bertz CT molecular complexity index is 881. The summed E-state index contributed by atoms with van der Waals surface area (Å²) in [6, 6.07) is 16.8. The molecule has 3 nitrogen and oxygen atoms in total. The van der Waals surface area contributed by atoms with Crippen molar-refractivity contribution in [3.8, 4) is 0 Å². The number of carbonyl (C=O) groups is 2. The molecule has 0 saturated heterocycles. The van der Waals surface area contributed by atoms with E-state index < -0.39 is 5.60 Å². The molecule has 0 fully saturated rings. The van der Waals surface area contributed by atoms with Gasteiger partial charge in [-0.1, -0.05) is 42.5 Å². The summed E-state index contributed by atoms with van der Waals surface area (Å²) in [6.07, 6.45) is 0. The second-order valence-electron chi connectivity index (χ2n) is 6.46. The first-order chi connectivity index (χ1) is 11.5. The minimum absolute atomic E-state index is 0.0980. The molecule has 0 amide bonds. The van der Waals surface area contributed by atoms with Crippen molar-refractivity contribution in [1.82, 2.24) is 0 Å². The Morgan fingerprint density at radius 2 is 1.46 bits per heavy atom. The summed E-state index contributed by atoms with van der Waals surface area (Å²) in [7, 11) is 0. The molecule has 24 heavy (non-hydrogen) atoms. The molecule has 1 aliphatic heterocycles. The Hall–Kier alpha value is -2.33. The number of thioether (sulfide) groups is 1. The maximum absolute atomic E-state index is 13.0. The fourth-order valence-corrected chi connectivity index (χ4v) is 4.46.